The average Bonchev–Trinajstić information content (AvgIpc) is 2.99. The second kappa shape index (κ2) is 9.27. The van der Waals surface area contributed by atoms with Crippen molar-refractivity contribution in [1.82, 2.24) is 10.0 Å². The Morgan fingerprint density at radius 1 is 1.13 bits per heavy atom. The number of nitrogens with one attached hydrogen (secondary N) is 2. The zero-order chi connectivity index (χ0) is 21.7. The maximum absolute atomic E-state index is 12.7. The van der Waals surface area contributed by atoms with Crippen molar-refractivity contribution in [3.8, 4) is 5.75 Å². The van der Waals surface area contributed by atoms with Crippen LogP contribution in [-0.4, -0.2) is 50.6 Å². The van der Waals surface area contributed by atoms with Crippen molar-refractivity contribution in [2.24, 2.45) is 10.9 Å². The Morgan fingerprint density at radius 3 is 2.50 bits per heavy atom. The smallest absolute Gasteiger partial charge is 0.263 e. The van der Waals surface area contributed by atoms with Crippen LogP contribution in [-0.2, 0) is 14.8 Å². The summed E-state index contributed by atoms with van der Waals surface area (Å²) in [6, 6.07) is 14.7. The van der Waals surface area contributed by atoms with Crippen molar-refractivity contribution in [3.63, 3.8) is 0 Å². The van der Waals surface area contributed by atoms with Gasteiger partial charge in [-0.2, -0.15) is 0 Å². The molecule has 1 unspecified atom stereocenters. The first-order chi connectivity index (χ1) is 14.3. The van der Waals surface area contributed by atoms with Crippen LogP contribution < -0.4 is 14.8 Å². The molecule has 0 fully saturated rings. The second-order valence-electron chi connectivity index (χ2n) is 7.29. The second-order valence-corrected chi connectivity index (χ2v) is 8.94. The summed E-state index contributed by atoms with van der Waals surface area (Å²) in [5.41, 5.74) is 0.437. The molecule has 0 saturated carbocycles. The average molecular weight is 432 g/mol. The third kappa shape index (κ3) is 5.17. The van der Waals surface area contributed by atoms with E-state index in [-0.39, 0.29) is 29.8 Å². The molecule has 3 rings (SSSR count). The Kier molecular flexibility index (Phi) is 6.73. The first kappa shape index (κ1) is 21.8. The number of amidine groups is 1. The maximum Gasteiger partial charge on any atom is 0.263 e. The number of hydrogen-bond donors (Lipinski definition) is 3. The molecule has 0 bridgehead atoms. The molecule has 0 aromatic heterocycles. The van der Waals surface area contributed by atoms with Gasteiger partial charge in [-0.3, -0.25) is 14.5 Å². The summed E-state index contributed by atoms with van der Waals surface area (Å²) >= 11 is 0. The highest BCUT2D eigenvalue weighted by Gasteiger charge is 2.32. The van der Waals surface area contributed by atoms with Gasteiger partial charge >= 0.3 is 0 Å². The number of para-hydroxylation sites is 1. The largest absolute Gasteiger partial charge is 0.491 e. The van der Waals surface area contributed by atoms with E-state index in [2.05, 4.69) is 15.0 Å². The lowest BCUT2D eigenvalue weighted by Gasteiger charge is -2.19. The number of sulfonamides is 1. The van der Waals surface area contributed by atoms with Crippen molar-refractivity contribution >= 4 is 21.8 Å². The molecule has 2 atom stereocenters. The predicted octanol–water partition coefficient (Wildman–Crippen LogP) is 1.31. The highest BCUT2D eigenvalue weighted by atomic mass is 32.2. The molecule has 3 N–H and O–H groups in total. The van der Waals surface area contributed by atoms with Crippen molar-refractivity contribution in [2.45, 2.75) is 30.9 Å². The van der Waals surface area contributed by atoms with Crippen LogP contribution in [0.25, 0.3) is 0 Å². The molecular formula is C21H25N3O5S. The number of carbonyl (C=O) groups is 1. The number of fused-ring (bicyclic) bond motifs is 1. The minimum Gasteiger partial charge on any atom is -0.491 e. The molecule has 1 aliphatic heterocycles. The normalized spacial score (nSPS) is 17.8. The Bertz CT molecular complexity index is 1020. The first-order valence-electron chi connectivity index (χ1n) is 9.61. The maximum atomic E-state index is 12.7. The van der Waals surface area contributed by atoms with Crippen LogP contribution in [0.3, 0.4) is 0 Å². The predicted molar refractivity (Wildman–Crippen MR) is 113 cm³/mol. The molecule has 0 aliphatic carbocycles. The van der Waals surface area contributed by atoms with Gasteiger partial charge in [0.15, 0.2) is 0 Å². The zero-order valence-corrected chi connectivity index (χ0v) is 17.6. The lowest BCUT2D eigenvalue weighted by molar-refractivity contribution is -0.123. The van der Waals surface area contributed by atoms with E-state index in [9.17, 15) is 18.3 Å². The Balaban J connectivity index is 1.64. The van der Waals surface area contributed by atoms with Gasteiger partial charge in [-0.1, -0.05) is 44.2 Å². The lowest BCUT2D eigenvalue weighted by atomic mass is 10.0. The summed E-state index contributed by atoms with van der Waals surface area (Å²) in [7, 11) is -3.68. The highest BCUT2D eigenvalue weighted by Crippen LogP contribution is 2.23. The molecule has 160 valence electrons. The minimum atomic E-state index is -3.68. The van der Waals surface area contributed by atoms with Gasteiger partial charge < -0.3 is 15.2 Å². The number of amides is 1. The fourth-order valence-electron chi connectivity index (χ4n) is 2.97. The van der Waals surface area contributed by atoms with E-state index in [1.54, 1.807) is 30.3 Å². The van der Waals surface area contributed by atoms with Crippen molar-refractivity contribution < 1.29 is 23.1 Å². The summed E-state index contributed by atoms with van der Waals surface area (Å²) in [4.78, 5) is 17.2. The number of aliphatic hydroxyl groups is 1. The lowest BCUT2D eigenvalue weighted by Crippen LogP contribution is -2.42. The Morgan fingerprint density at radius 2 is 1.80 bits per heavy atom. The monoisotopic (exact) mass is 431 g/mol. The van der Waals surface area contributed by atoms with Gasteiger partial charge in [0, 0.05) is 12.1 Å². The van der Waals surface area contributed by atoms with Gasteiger partial charge in [0.05, 0.1) is 4.90 Å². The van der Waals surface area contributed by atoms with Crippen LogP contribution in [0.2, 0.25) is 0 Å². The number of hydrogen-bond acceptors (Lipinski definition) is 6. The number of aliphatic imine (C=N–C) groups is 1. The first-order valence-corrected chi connectivity index (χ1v) is 11.1. The van der Waals surface area contributed by atoms with Crippen LogP contribution in [0.5, 0.6) is 5.75 Å². The number of carbonyl (C=O) groups excluding carboxylic acids is 1. The fourth-order valence-corrected chi connectivity index (χ4v) is 4.21. The number of aliphatic hydroxyl groups excluding tert-OH is 1. The van der Waals surface area contributed by atoms with Crippen molar-refractivity contribution in [3.05, 3.63) is 60.2 Å². The van der Waals surface area contributed by atoms with E-state index in [4.69, 9.17) is 4.74 Å². The molecule has 1 aliphatic rings. The summed E-state index contributed by atoms with van der Waals surface area (Å²) in [6.07, 6.45) is -0.902. The van der Waals surface area contributed by atoms with E-state index in [1.165, 1.54) is 6.07 Å². The van der Waals surface area contributed by atoms with Crippen LogP contribution in [0, 0.1) is 5.92 Å². The van der Waals surface area contributed by atoms with Crippen molar-refractivity contribution in [1.29, 1.82) is 0 Å². The minimum absolute atomic E-state index is 0.0119. The van der Waals surface area contributed by atoms with Gasteiger partial charge in [-0.05, 0) is 30.2 Å². The van der Waals surface area contributed by atoms with E-state index in [0.717, 1.165) is 0 Å². The summed E-state index contributed by atoms with van der Waals surface area (Å²) in [5.74, 6) is 0.182. The number of benzene rings is 2. The molecule has 8 nitrogen and oxygen atoms in total. The summed E-state index contributed by atoms with van der Waals surface area (Å²) in [6.45, 7) is 3.65. The SMILES string of the molecule is CC(C)[C@H](N=C1NS(=O)(=O)c2ccccc21)C(=O)NCC(O)COc1ccccc1. The summed E-state index contributed by atoms with van der Waals surface area (Å²) < 4.78 is 32.4. The molecule has 2 aromatic carbocycles. The molecule has 0 saturated heterocycles. The standard InChI is InChI=1S/C21H25N3O5S/c1-14(2)19(23-20-17-10-6-7-11-18(17)30(27,28)24-20)21(26)22-12-15(25)13-29-16-8-4-3-5-9-16/h3-11,14-15,19,25H,12-13H2,1-2H3,(H,22,26)(H,23,24)/t15?,19-/m0/s1. The van der Waals surface area contributed by atoms with Crippen LogP contribution in [0.4, 0.5) is 0 Å². The number of nitrogens with zero attached hydrogens (tertiary/aromatic N) is 1. The van der Waals surface area contributed by atoms with E-state index >= 15 is 0 Å². The van der Waals surface area contributed by atoms with Gasteiger partial charge in [-0.25, -0.2) is 8.42 Å². The van der Waals surface area contributed by atoms with Crippen molar-refractivity contribution in [2.75, 3.05) is 13.2 Å². The van der Waals surface area contributed by atoms with Gasteiger partial charge in [0.2, 0.25) is 5.91 Å². The zero-order valence-electron chi connectivity index (χ0n) is 16.8. The van der Waals surface area contributed by atoms with E-state index < -0.39 is 28.1 Å². The number of ether oxygens (including phenoxy) is 1. The molecule has 2 aromatic rings. The van der Waals surface area contributed by atoms with Crippen LogP contribution >= 0.6 is 0 Å². The van der Waals surface area contributed by atoms with E-state index in [0.29, 0.717) is 11.3 Å². The van der Waals surface area contributed by atoms with Gasteiger partial charge in [-0.15, -0.1) is 0 Å². The Labute approximate surface area is 176 Å². The molecule has 0 spiro atoms. The molecule has 9 heteroatoms. The molecular weight excluding hydrogens is 406 g/mol. The molecule has 30 heavy (non-hydrogen) atoms. The number of rotatable bonds is 8. The third-order valence-corrected chi connectivity index (χ3v) is 5.93. The Hall–Kier alpha value is -2.91. The van der Waals surface area contributed by atoms with Gasteiger partial charge in [0.1, 0.15) is 30.3 Å². The van der Waals surface area contributed by atoms with E-state index in [1.807, 2.05) is 32.0 Å². The third-order valence-electron chi connectivity index (χ3n) is 4.53. The highest BCUT2D eigenvalue weighted by molar-refractivity contribution is 7.90. The fraction of sp³-hybridized carbons (Fsp3) is 0.333. The molecule has 1 amide bonds. The topological polar surface area (TPSA) is 117 Å². The molecule has 0 radical (unpaired) electrons. The van der Waals surface area contributed by atoms with Crippen LogP contribution in [0.15, 0.2) is 64.5 Å². The molecule has 1 heterocycles. The quantitative estimate of drug-likeness (QED) is 0.583. The summed E-state index contributed by atoms with van der Waals surface area (Å²) in [5, 5.41) is 12.8. The van der Waals surface area contributed by atoms with Crippen LogP contribution in [0.1, 0.15) is 19.4 Å². The van der Waals surface area contributed by atoms with Gasteiger partial charge in [0.25, 0.3) is 10.0 Å².